The second-order valence-corrected chi connectivity index (χ2v) is 5.61. The van der Waals surface area contributed by atoms with E-state index in [1.54, 1.807) is 0 Å². The lowest BCUT2D eigenvalue weighted by atomic mass is 10.2. The fourth-order valence-electron chi connectivity index (χ4n) is 2.11. The summed E-state index contributed by atoms with van der Waals surface area (Å²) >= 11 is 2.03. The van der Waals surface area contributed by atoms with Crippen molar-refractivity contribution in [2.45, 2.75) is 37.5 Å². The van der Waals surface area contributed by atoms with Crippen molar-refractivity contribution in [3.63, 3.8) is 0 Å². The van der Waals surface area contributed by atoms with Crippen LogP contribution in [0, 0.1) is 0 Å². The molecular weight excluding hydrogens is 222 g/mol. The average molecular weight is 239 g/mol. The molecule has 1 saturated carbocycles. The standard InChI is InChI=1S/C11H17N3OS/c1-2-16-9-4-3-8(5-9)14-10-6-11(15)13-7-12-10/h6-9H,2-5H2,1H3,(H2,12,13,14,15). The van der Waals surface area contributed by atoms with E-state index in [-0.39, 0.29) is 5.56 Å². The second kappa shape index (κ2) is 5.39. The zero-order valence-corrected chi connectivity index (χ0v) is 10.2. The number of rotatable bonds is 4. The van der Waals surface area contributed by atoms with Crippen LogP contribution in [0.1, 0.15) is 26.2 Å². The molecular formula is C11H17N3OS. The van der Waals surface area contributed by atoms with Crippen molar-refractivity contribution in [2.75, 3.05) is 11.1 Å². The lowest BCUT2D eigenvalue weighted by Gasteiger charge is -2.12. The van der Waals surface area contributed by atoms with E-state index in [0.717, 1.165) is 5.25 Å². The molecule has 1 aliphatic rings. The summed E-state index contributed by atoms with van der Waals surface area (Å²) in [5.74, 6) is 1.87. The molecule has 0 aromatic carbocycles. The third-order valence-electron chi connectivity index (χ3n) is 2.82. The van der Waals surface area contributed by atoms with Gasteiger partial charge in [0.15, 0.2) is 0 Å². The van der Waals surface area contributed by atoms with Gasteiger partial charge in [-0.15, -0.1) is 0 Å². The van der Waals surface area contributed by atoms with Gasteiger partial charge in [-0.05, 0) is 25.0 Å². The summed E-state index contributed by atoms with van der Waals surface area (Å²) in [7, 11) is 0. The molecule has 1 aromatic heterocycles. The highest BCUT2D eigenvalue weighted by atomic mass is 32.2. The molecule has 1 aliphatic carbocycles. The van der Waals surface area contributed by atoms with Crippen LogP contribution in [0.4, 0.5) is 5.82 Å². The highest BCUT2D eigenvalue weighted by molar-refractivity contribution is 7.99. The molecule has 0 bridgehead atoms. The minimum Gasteiger partial charge on any atom is -0.367 e. The van der Waals surface area contributed by atoms with Gasteiger partial charge in [0.2, 0.25) is 0 Å². The molecule has 2 rings (SSSR count). The van der Waals surface area contributed by atoms with E-state index in [2.05, 4.69) is 22.2 Å². The van der Waals surface area contributed by atoms with E-state index in [0.29, 0.717) is 11.9 Å². The average Bonchev–Trinajstić information content (AvgIpc) is 2.66. The minimum atomic E-state index is -0.102. The molecule has 1 aromatic rings. The molecule has 2 N–H and O–H groups in total. The number of anilines is 1. The molecule has 4 nitrogen and oxygen atoms in total. The maximum absolute atomic E-state index is 11.1. The number of hydrogen-bond acceptors (Lipinski definition) is 4. The quantitative estimate of drug-likeness (QED) is 0.842. The number of nitrogens with one attached hydrogen (secondary N) is 2. The van der Waals surface area contributed by atoms with Crippen LogP contribution >= 0.6 is 11.8 Å². The van der Waals surface area contributed by atoms with E-state index in [9.17, 15) is 4.79 Å². The molecule has 1 heterocycles. The maximum atomic E-state index is 11.1. The summed E-state index contributed by atoms with van der Waals surface area (Å²) < 4.78 is 0. The number of nitrogens with zero attached hydrogens (tertiary/aromatic N) is 1. The normalized spacial score (nSPS) is 24.6. The van der Waals surface area contributed by atoms with Gasteiger partial charge in [0, 0.05) is 17.4 Å². The highest BCUT2D eigenvalue weighted by Gasteiger charge is 2.24. The summed E-state index contributed by atoms with van der Waals surface area (Å²) in [5.41, 5.74) is -0.102. The van der Waals surface area contributed by atoms with E-state index in [1.807, 2.05) is 11.8 Å². The van der Waals surface area contributed by atoms with Crippen LogP contribution in [0.25, 0.3) is 0 Å². The molecule has 16 heavy (non-hydrogen) atoms. The largest absolute Gasteiger partial charge is 0.367 e. The Labute approximate surface area is 99.3 Å². The Morgan fingerprint density at radius 2 is 2.50 bits per heavy atom. The van der Waals surface area contributed by atoms with Crippen molar-refractivity contribution in [3.8, 4) is 0 Å². The van der Waals surface area contributed by atoms with Gasteiger partial charge >= 0.3 is 0 Å². The van der Waals surface area contributed by atoms with Gasteiger partial charge in [0.1, 0.15) is 5.82 Å². The van der Waals surface area contributed by atoms with E-state index in [4.69, 9.17) is 0 Å². The first-order valence-corrected chi connectivity index (χ1v) is 6.75. The number of thioether (sulfide) groups is 1. The van der Waals surface area contributed by atoms with Gasteiger partial charge in [-0.25, -0.2) is 4.98 Å². The Bertz CT molecular complexity index is 393. The smallest absolute Gasteiger partial charge is 0.252 e. The van der Waals surface area contributed by atoms with Crippen molar-refractivity contribution in [1.29, 1.82) is 0 Å². The number of aromatic nitrogens is 2. The predicted molar refractivity (Wildman–Crippen MR) is 68.0 cm³/mol. The Balaban J connectivity index is 1.89. The highest BCUT2D eigenvalue weighted by Crippen LogP contribution is 2.30. The van der Waals surface area contributed by atoms with E-state index < -0.39 is 0 Å². The number of aromatic amines is 1. The molecule has 2 atom stereocenters. The maximum Gasteiger partial charge on any atom is 0.252 e. The Morgan fingerprint density at radius 1 is 1.62 bits per heavy atom. The molecule has 0 radical (unpaired) electrons. The fourth-order valence-corrected chi connectivity index (χ4v) is 3.26. The molecule has 0 saturated heterocycles. The van der Waals surface area contributed by atoms with Gasteiger partial charge < -0.3 is 10.3 Å². The fraction of sp³-hybridized carbons (Fsp3) is 0.636. The molecule has 0 amide bonds. The van der Waals surface area contributed by atoms with Crippen molar-refractivity contribution in [1.82, 2.24) is 9.97 Å². The summed E-state index contributed by atoms with van der Waals surface area (Å²) in [4.78, 5) is 17.7. The van der Waals surface area contributed by atoms with E-state index in [1.165, 1.54) is 37.4 Å². The Morgan fingerprint density at radius 3 is 3.25 bits per heavy atom. The molecule has 0 spiro atoms. The first kappa shape index (κ1) is 11.5. The van der Waals surface area contributed by atoms with E-state index >= 15 is 0 Å². The number of H-pyrrole nitrogens is 1. The lowest BCUT2D eigenvalue weighted by molar-refractivity contribution is 0.750. The zero-order chi connectivity index (χ0) is 11.4. The molecule has 1 fully saturated rings. The Kier molecular flexibility index (Phi) is 3.88. The van der Waals surface area contributed by atoms with Crippen molar-refractivity contribution in [2.24, 2.45) is 0 Å². The van der Waals surface area contributed by atoms with Gasteiger partial charge in [-0.3, -0.25) is 4.79 Å². The summed E-state index contributed by atoms with van der Waals surface area (Å²) in [6, 6.07) is 1.98. The zero-order valence-electron chi connectivity index (χ0n) is 9.40. The van der Waals surface area contributed by atoms with Crippen LogP contribution in [0.5, 0.6) is 0 Å². The lowest BCUT2D eigenvalue weighted by Crippen LogP contribution is -2.18. The summed E-state index contributed by atoms with van der Waals surface area (Å²) in [6.07, 6.45) is 5.05. The van der Waals surface area contributed by atoms with Crippen molar-refractivity contribution >= 4 is 17.6 Å². The first-order chi connectivity index (χ1) is 7.78. The monoisotopic (exact) mass is 239 g/mol. The Hall–Kier alpha value is -0.970. The van der Waals surface area contributed by atoms with Crippen LogP contribution in [-0.4, -0.2) is 27.0 Å². The van der Waals surface area contributed by atoms with Crippen molar-refractivity contribution < 1.29 is 0 Å². The third kappa shape index (κ3) is 3.01. The number of hydrogen-bond donors (Lipinski definition) is 2. The second-order valence-electron chi connectivity index (χ2n) is 4.03. The van der Waals surface area contributed by atoms with Gasteiger partial charge in [0.05, 0.1) is 6.33 Å². The molecule has 5 heteroatoms. The summed E-state index contributed by atoms with van der Waals surface area (Å²) in [5, 5.41) is 4.09. The molecule has 2 unspecified atom stereocenters. The topological polar surface area (TPSA) is 57.8 Å². The van der Waals surface area contributed by atoms with Crippen LogP contribution in [-0.2, 0) is 0 Å². The SMILES string of the molecule is CCSC1CCC(Nc2cc(=O)[nH]cn2)C1. The van der Waals surface area contributed by atoms with Gasteiger partial charge in [-0.1, -0.05) is 6.92 Å². The van der Waals surface area contributed by atoms with Crippen LogP contribution in [0.3, 0.4) is 0 Å². The van der Waals surface area contributed by atoms with Crippen LogP contribution < -0.4 is 10.9 Å². The van der Waals surface area contributed by atoms with Crippen LogP contribution in [0.2, 0.25) is 0 Å². The van der Waals surface area contributed by atoms with Crippen LogP contribution in [0.15, 0.2) is 17.2 Å². The summed E-state index contributed by atoms with van der Waals surface area (Å²) in [6.45, 7) is 2.20. The van der Waals surface area contributed by atoms with Crippen molar-refractivity contribution in [3.05, 3.63) is 22.7 Å². The molecule has 88 valence electrons. The van der Waals surface area contributed by atoms with Gasteiger partial charge in [0.25, 0.3) is 5.56 Å². The third-order valence-corrected chi connectivity index (χ3v) is 4.05. The van der Waals surface area contributed by atoms with Gasteiger partial charge in [-0.2, -0.15) is 11.8 Å². The minimum absolute atomic E-state index is 0.102. The predicted octanol–water partition coefficient (Wildman–Crippen LogP) is 1.86. The molecule has 0 aliphatic heterocycles. The first-order valence-electron chi connectivity index (χ1n) is 5.71.